The number of aryl methyl sites for hydroxylation is 1. The Morgan fingerprint density at radius 1 is 0.667 bits per heavy atom. The van der Waals surface area contributed by atoms with Crippen molar-refractivity contribution in [3.63, 3.8) is 0 Å². The maximum absolute atomic E-state index is 13.6. The predicted molar refractivity (Wildman–Crippen MR) is 149 cm³/mol. The van der Waals surface area contributed by atoms with Crippen LogP contribution < -0.4 is 0 Å². The van der Waals surface area contributed by atoms with E-state index in [1.807, 2.05) is 41.8 Å². The number of alkyl halides is 6. The molecule has 2 aromatic heterocycles. The van der Waals surface area contributed by atoms with Crippen molar-refractivity contribution in [1.82, 2.24) is 9.55 Å². The van der Waals surface area contributed by atoms with Gasteiger partial charge in [0.1, 0.15) is 0 Å². The number of nitriles is 1. The number of pyridine rings is 1. The normalized spacial score (nSPS) is 12.1. The van der Waals surface area contributed by atoms with Crippen LogP contribution >= 0.6 is 0 Å². The minimum Gasteiger partial charge on any atom is -0.309 e. The summed E-state index contributed by atoms with van der Waals surface area (Å²) in [5, 5.41) is 11.6. The first-order valence-electron chi connectivity index (χ1n) is 12.7. The molecule has 0 aliphatic rings. The van der Waals surface area contributed by atoms with Crippen molar-refractivity contribution in [2.45, 2.75) is 19.3 Å². The van der Waals surface area contributed by atoms with Crippen LogP contribution in [0.15, 0.2) is 97.3 Å². The predicted octanol–water partition coefficient (Wildman–Crippen LogP) is 9.73. The summed E-state index contributed by atoms with van der Waals surface area (Å²) in [6.45, 7) is 1.88. The molecule has 2 heterocycles. The minimum absolute atomic E-state index is 0.121. The molecule has 0 saturated carbocycles. The molecule has 0 saturated heterocycles. The third kappa shape index (κ3) is 4.65. The third-order valence-corrected chi connectivity index (χ3v) is 7.28. The lowest BCUT2D eigenvalue weighted by molar-refractivity contribution is -0.143. The highest BCUT2D eigenvalue weighted by Crippen LogP contribution is 2.41. The minimum atomic E-state index is -4.96. The van der Waals surface area contributed by atoms with E-state index in [0.29, 0.717) is 22.3 Å². The summed E-state index contributed by atoms with van der Waals surface area (Å²) in [5.74, 6) is 0. The summed E-state index contributed by atoms with van der Waals surface area (Å²) >= 11 is 0. The zero-order valence-electron chi connectivity index (χ0n) is 21.8. The van der Waals surface area contributed by atoms with Gasteiger partial charge in [0.2, 0.25) is 0 Å². The van der Waals surface area contributed by atoms with Gasteiger partial charge in [0, 0.05) is 23.2 Å². The molecular weight excluding hydrogens is 552 g/mol. The number of para-hydroxylation sites is 1. The number of benzene rings is 4. The molecule has 0 spiro atoms. The topological polar surface area (TPSA) is 41.6 Å². The van der Waals surface area contributed by atoms with Gasteiger partial charge in [-0.25, -0.2) is 0 Å². The largest absolute Gasteiger partial charge is 0.416 e. The van der Waals surface area contributed by atoms with Crippen LogP contribution in [0, 0.1) is 18.3 Å². The molecular formula is C33H19F6N3. The lowest BCUT2D eigenvalue weighted by atomic mass is 9.97. The summed E-state index contributed by atoms with van der Waals surface area (Å²) in [6.07, 6.45) is -6.66. The zero-order valence-corrected chi connectivity index (χ0v) is 21.8. The Balaban J connectivity index is 1.63. The summed E-state index contributed by atoms with van der Waals surface area (Å²) < 4.78 is 83.5. The molecule has 0 aliphatic heterocycles. The summed E-state index contributed by atoms with van der Waals surface area (Å²) in [5.41, 5.74) is 1.96. The first-order chi connectivity index (χ1) is 20.0. The second-order valence-corrected chi connectivity index (χ2v) is 9.91. The average molecular weight is 572 g/mol. The molecule has 0 unspecified atom stereocenters. The smallest absolute Gasteiger partial charge is 0.309 e. The van der Waals surface area contributed by atoms with E-state index in [-0.39, 0.29) is 17.2 Å². The highest BCUT2D eigenvalue weighted by molar-refractivity contribution is 6.10. The molecule has 0 aliphatic carbocycles. The van der Waals surface area contributed by atoms with Crippen LogP contribution in [0.5, 0.6) is 0 Å². The number of rotatable bonds is 3. The summed E-state index contributed by atoms with van der Waals surface area (Å²) in [7, 11) is 0. The van der Waals surface area contributed by atoms with E-state index < -0.39 is 23.5 Å². The van der Waals surface area contributed by atoms with E-state index in [1.54, 1.807) is 42.7 Å². The van der Waals surface area contributed by atoms with Crippen LogP contribution in [0.25, 0.3) is 49.7 Å². The molecule has 6 aromatic rings. The van der Waals surface area contributed by atoms with Crippen LogP contribution in [-0.2, 0) is 12.4 Å². The van der Waals surface area contributed by atoms with E-state index in [2.05, 4.69) is 11.1 Å². The fraction of sp³-hybridized carbons (Fsp3) is 0.0909. The van der Waals surface area contributed by atoms with Crippen molar-refractivity contribution in [2.75, 3.05) is 0 Å². The van der Waals surface area contributed by atoms with Crippen LogP contribution in [0.1, 0.15) is 22.3 Å². The zero-order chi connectivity index (χ0) is 29.8. The Hall–Kier alpha value is -5.10. The van der Waals surface area contributed by atoms with E-state index in [1.165, 1.54) is 6.07 Å². The number of aromatic nitrogens is 2. The highest BCUT2D eigenvalue weighted by atomic mass is 19.4. The van der Waals surface area contributed by atoms with Crippen molar-refractivity contribution in [3.05, 3.63) is 120 Å². The van der Waals surface area contributed by atoms with Gasteiger partial charge in [-0.15, -0.1) is 0 Å². The van der Waals surface area contributed by atoms with Gasteiger partial charge >= 0.3 is 12.4 Å². The Kier molecular flexibility index (Phi) is 6.30. The third-order valence-electron chi connectivity index (χ3n) is 7.28. The molecule has 208 valence electrons. The van der Waals surface area contributed by atoms with Gasteiger partial charge in [-0.05, 0) is 89.3 Å². The van der Waals surface area contributed by atoms with Crippen LogP contribution in [0.2, 0.25) is 0 Å². The molecule has 6 rings (SSSR count). The SMILES string of the molecule is Cc1cc(-c2ccncc2)c(C#N)cc1-n1c2ccccc2c2ccc(-c3cc(C(F)(F)F)cc(C(F)(F)F)c3)cc21. The molecule has 9 heteroatoms. The Labute approximate surface area is 235 Å². The summed E-state index contributed by atoms with van der Waals surface area (Å²) in [6, 6.07) is 23.3. The van der Waals surface area contributed by atoms with E-state index in [4.69, 9.17) is 0 Å². The maximum Gasteiger partial charge on any atom is 0.416 e. The Morgan fingerprint density at radius 2 is 1.31 bits per heavy atom. The number of fused-ring (bicyclic) bond motifs is 3. The fourth-order valence-corrected chi connectivity index (χ4v) is 5.33. The van der Waals surface area contributed by atoms with Gasteiger partial charge in [-0.1, -0.05) is 30.3 Å². The van der Waals surface area contributed by atoms with Crippen molar-refractivity contribution in [2.24, 2.45) is 0 Å². The molecule has 4 aromatic carbocycles. The second kappa shape index (κ2) is 9.77. The molecule has 0 fully saturated rings. The lowest BCUT2D eigenvalue weighted by Crippen LogP contribution is -2.11. The maximum atomic E-state index is 13.6. The quantitative estimate of drug-likeness (QED) is 0.199. The van der Waals surface area contributed by atoms with Gasteiger partial charge in [0.25, 0.3) is 0 Å². The van der Waals surface area contributed by atoms with Crippen molar-refractivity contribution >= 4 is 21.8 Å². The van der Waals surface area contributed by atoms with E-state index in [9.17, 15) is 31.6 Å². The first kappa shape index (κ1) is 27.1. The number of hydrogen-bond donors (Lipinski definition) is 0. The van der Waals surface area contributed by atoms with Crippen LogP contribution in [0.4, 0.5) is 26.3 Å². The first-order valence-corrected chi connectivity index (χ1v) is 12.7. The van der Waals surface area contributed by atoms with Crippen LogP contribution in [0.3, 0.4) is 0 Å². The highest BCUT2D eigenvalue weighted by Gasteiger charge is 2.37. The second-order valence-electron chi connectivity index (χ2n) is 9.91. The van der Waals surface area contributed by atoms with Gasteiger partial charge < -0.3 is 4.57 Å². The molecule has 0 bridgehead atoms. The van der Waals surface area contributed by atoms with Crippen molar-refractivity contribution in [1.29, 1.82) is 5.26 Å². The van der Waals surface area contributed by atoms with Gasteiger partial charge in [0.15, 0.2) is 0 Å². The van der Waals surface area contributed by atoms with Gasteiger partial charge in [-0.3, -0.25) is 4.98 Å². The molecule has 3 nitrogen and oxygen atoms in total. The average Bonchev–Trinajstić information content (AvgIpc) is 3.30. The molecule has 0 radical (unpaired) electrons. The number of hydrogen-bond acceptors (Lipinski definition) is 2. The molecule has 42 heavy (non-hydrogen) atoms. The number of nitrogens with zero attached hydrogens (tertiary/aromatic N) is 3. The van der Waals surface area contributed by atoms with E-state index in [0.717, 1.165) is 39.5 Å². The molecule has 0 atom stereocenters. The Morgan fingerprint density at radius 3 is 1.95 bits per heavy atom. The van der Waals surface area contributed by atoms with Gasteiger partial charge in [-0.2, -0.15) is 31.6 Å². The summed E-state index contributed by atoms with van der Waals surface area (Å²) in [4.78, 5) is 4.03. The number of halogens is 6. The Bertz CT molecular complexity index is 2000. The monoisotopic (exact) mass is 571 g/mol. The fourth-order valence-electron chi connectivity index (χ4n) is 5.33. The van der Waals surface area contributed by atoms with Crippen molar-refractivity contribution < 1.29 is 26.3 Å². The van der Waals surface area contributed by atoms with E-state index >= 15 is 0 Å². The lowest BCUT2D eigenvalue weighted by Gasteiger charge is -2.16. The van der Waals surface area contributed by atoms with Crippen molar-refractivity contribution in [3.8, 4) is 34.0 Å². The van der Waals surface area contributed by atoms with Gasteiger partial charge in [0.05, 0.1) is 39.5 Å². The molecule has 0 amide bonds. The van der Waals surface area contributed by atoms with Crippen LogP contribution in [-0.4, -0.2) is 9.55 Å². The molecule has 0 N–H and O–H groups in total. The standard InChI is InChI=1S/C33H19F6N3/c1-19-12-28(20-8-10-41-11-9-20)23(18-40)16-30(19)42-29-5-3-2-4-26(29)27-7-6-21(15-31(27)42)22-13-24(32(34,35)36)17-25(14-22)33(37,38)39/h2-17H,1H3.